The van der Waals surface area contributed by atoms with Crippen molar-refractivity contribution in [2.75, 3.05) is 19.8 Å². The van der Waals surface area contributed by atoms with Gasteiger partial charge in [-0.25, -0.2) is 14.4 Å². The molecule has 0 spiro atoms. The number of carbonyl (C=O) groups excluding carboxylic acids is 2. The van der Waals surface area contributed by atoms with E-state index in [1.165, 1.54) is 5.56 Å². The van der Waals surface area contributed by atoms with Crippen LogP contribution < -0.4 is 4.74 Å². The van der Waals surface area contributed by atoms with E-state index in [-0.39, 0.29) is 12.6 Å². The fraction of sp³-hybridized carbons (Fsp3) is 0.233. The van der Waals surface area contributed by atoms with Gasteiger partial charge in [-0.05, 0) is 31.0 Å². The van der Waals surface area contributed by atoms with E-state index in [1.807, 2.05) is 66.7 Å². The summed E-state index contributed by atoms with van der Waals surface area (Å²) in [5, 5.41) is 7.60. The van der Waals surface area contributed by atoms with Crippen molar-refractivity contribution >= 4 is 24.0 Å². The average Bonchev–Trinajstić information content (AvgIpc) is 2.93. The van der Waals surface area contributed by atoms with Gasteiger partial charge in [0.25, 0.3) is 0 Å². The van der Waals surface area contributed by atoms with Crippen LogP contribution in [0.4, 0.5) is 0 Å². The summed E-state index contributed by atoms with van der Waals surface area (Å²) < 4.78 is 14.8. The summed E-state index contributed by atoms with van der Waals surface area (Å²) in [5.41, 5.74) is 1.64. The van der Waals surface area contributed by atoms with Gasteiger partial charge >= 0.3 is 17.9 Å². The lowest BCUT2D eigenvalue weighted by Crippen LogP contribution is -2.09. The van der Waals surface area contributed by atoms with Crippen molar-refractivity contribution in [2.45, 2.75) is 26.7 Å². The molecular weight excluding hydrogens is 472 g/mol. The molecule has 0 atom stereocenters. The van der Waals surface area contributed by atoms with Crippen molar-refractivity contribution in [3.63, 3.8) is 0 Å². The fourth-order valence-electron chi connectivity index (χ4n) is 1.90. The van der Waals surface area contributed by atoms with Crippen LogP contribution in [0.5, 0.6) is 5.75 Å². The highest BCUT2D eigenvalue weighted by atomic mass is 16.6. The zero-order chi connectivity index (χ0) is 28.3. The second kappa shape index (κ2) is 24.7. The van der Waals surface area contributed by atoms with E-state index in [4.69, 9.17) is 19.3 Å². The number of hydrogen-bond donors (Lipinski definition) is 1. The molecule has 37 heavy (non-hydrogen) atoms. The Hall–Kier alpha value is -4.39. The predicted octanol–water partition coefficient (Wildman–Crippen LogP) is 6.29. The predicted molar refractivity (Wildman–Crippen MR) is 148 cm³/mol. The van der Waals surface area contributed by atoms with Crippen molar-refractivity contribution < 1.29 is 33.7 Å². The normalized spacial score (nSPS) is 8.59. The first-order valence-corrected chi connectivity index (χ1v) is 11.5. The van der Waals surface area contributed by atoms with Crippen molar-refractivity contribution in [3.05, 3.63) is 110 Å². The summed E-state index contributed by atoms with van der Waals surface area (Å²) in [6.07, 6.45) is 5.77. The zero-order valence-corrected chi connectivity index (χ0v) is 21.8. The summed E-state index contributed by atoms with van der Waals surface area (Å²) in [4.78, 5) is 30.6. The molecule has 7 nitrogen and oxygen atoms in total. The van der Waals surface area contributed by atoms with Crippen molar-refractivity contribution in [1.82, 2.24) is 0 Å². The molecule has 7 heteroatoms. The van der Waals surface area contributed by atoms with Crippen LogP contribution in [0.2, 0.25) is 0 Å². The Balaban J connectivity index is 0. The third kappa shape index (κ3) is 24.5. The molecule has 0 radical (unpaired) electrons. The van der Waals surface area contributed by atoms with Crippen LogP contribution in [0.15, 0.2) is 105 Å². The smallest absolute Gasteiger partial charge is 0.333 e. The first-order valence-electron chi connectivity index (χ1n) is 11.5. The Kier molecular flexibility index (Phi) is 23.2. The molecule has 0 heterocycles. The van der Waals surface area contributed by atoms with Crippen molar-refractivity contribution in [3.8, 4) is 5.75 Å². The molecule has 0 aliphatic heterocycles. The highest BCUT2D eigenvalue weighted by Gasteiger charge is 2.00. The van der Waals surface area contributed by atoms with Crippen LogP contribution in [0, 0.1) is 0 Å². The fourth-order valence-corrected chi connectivity index (χ4v) is 1.90. The van der Waals surface area contributed by atoms with Gasteiger partial charge in [0.2, 0.25) is 0 Å². The van der Waals surface area contributed by atoms with E-state index in [0.717, 1.165) is 30.7 Å². The second-order valence-corrected chi connectivity index (χ2v) is 6.96. The summed E-state index contributed by atoms with van der Waals surface area (Å²) in [6, 6.07) is 19.4. The zero-order valence-electron chi connectivity index (χ0n) is 21.8. The maximum absolute atomic E-state index is 10.7. The highest BCUT2D eigenvalue weighted by molar-refractivity contribution is 5.86. The number of rotatable bonds is 11. The summed E-state index contributed by atoms with van der Waals surface area (Å²) >= 11 is 0. The van der Waals surface area contributed by atoms with E-state index in [1.54, 1.807) is 6.92 Å². The number of hydrogen-bond acceptors (Lipinski definition) is 6. The molecule has 0 amide bonds. The number of carboxylic acid groups (broad SMARTS) is 1. The third-order valence-corrected chi connectivity index (χ3v) is 3.80. The largest absolute Gasteiger partial charge is 0.490 e. The SMILES string of the molecule is C=C(C)C(=O)OCCCC.C=CC(=O)O.C=CC(=O)OCCOc1ccccc1.C=Cc1ccccc1. The summed E-state index contributed by atoms with van der Waals surface area (Å²) in [5.74, 6) is -0.928. The van der Waals surface area contributed by atoms with Gasteiger partial charge in [-0.3, -0.25) is 0 Å². The minimum absolute atomic E-state index is 0.236. The lowest BCUT2D eigenvalue weighted by atomic mass is 10.2. The molecule has 0 saturated heterocycles. The Morgan fingerprint density at radius 2 is 1.38 bits per heavy atom. The maximum Gasteiger partial charge on any atom is 0.333 e. The molecule has 200 valence electrons. The number of aliphatic carboxylic acids is 1. The maximum atomic E-state index is 10.7. The summed E-state index contributed by atoms with van der Waals surface area (Å²) in [7, 11) is 0. The van der Waals surface area contributed by atoms with Gasteiger partial charge in [-0.2, -0.15) is 0 Å². The average molecular weight is 511 g/mol. The van der Waals surface area contributed by atoms with Crippen LogP contribution in [0.1, 0.15) is 32.3 Å². The number of benzene rings is 2. The second-order valence-electron chi connectivity index (χ2n) is 6.96. The molecule has 0 saturated carbocycles. The minimum Gasteiger partial charge on any atom is -0.490 e. The van der Waals surface area contributed by atoms with Crippen LogP contribution in [-0.2, 0) is 23.9 Å². The van der Waals surface area contributed by atoms with Crippen LogP contribution in [0.25, 0.3) is 6.08 Å². The lowest BCUT2D eigenvalue weighted by molar-refractivity contribution is -0.139. The Morgan fingerprint density at radius 1 is 0.838 bits per heavy atom. The number of unbranched alkanes of at least 4 members (excludes halogenated alkanes) is 1. The Morgan fingerprint density at radius 3 is 1.78 bits per heavy atom. The van der Waals surface area contributed by atoms with Crippen molar-refractivity contribution in [1.29, 1.82) is 0 Å². The van der Waals surface area contributed by atoms with E-state index in [9.17, 15) is 14.4 Å². The van der Waals surface area contributed by atoms with Crippen LogP contribution in [-0.4, -0.2) is 42.8 Å². The van der Waals surface area contributed by atoms with E-state index in [0.29, 0.717) is 18.8 Å². The number of carboxylic acids is 1. The highest BCUT2D eigenvalue weighted by Crippen LogP contribution is 2.07. The third-order valence-electron chi connectivity index (χ3n) is 3.80. The molecule has 0 aromatic heterocycles. The molecule has 0 aliphatic rings. The standard InChI is InChI=1S/C11H12O3.C8H14O2.C8H8.C3H4O2/c1-2-11(12)14-9-8-13-10-6-4-3-5-7-10;1-4-5-6-10-8(9)7(2)3;1-2-8-6-4-3-5-7-8;1-2-3(4)5/h2-7H,1,8-9H2;2,4-6H2,1,3H3;2-7H,1H2;2H,1H2,(H,4,5). The van der Waals surface area contributed by atoms with Gasteiger partial charge in [-0.15, -0.1) is 0 Å². The molecular formula is C30H38O7. The van der Waals surface area contributed by atoms with E-state index < -0.39 is 11.9 Å². The topological polar surface area (TPSA) is 99.1 Å². The number of ether oxygens (including phenoxy) is 3. The quantitative estimate of drug-likeness (QED) is 0.215. The number of esters is 2. The van der Waals surface area contributed by atoms with Crippen molar-refractivity contribution in [2.24, 2.45) is 0 Å². The molecule has 1 N–H and O–H groups in total. The number of carbonyl (C=O) groups is 3. The van der Waals surface area contributed by atoms with E-state index >= 15 is 0 Å². The van der Waals surface area contributed by atoms with Gasteiger partial charge in [0.15, 0.2) is 0 Å². The lowest BCUT2D eigenvalue weighted by Gasteiger charge is -2.05. The van der Waals surface area contributed by atoms with Gasteiger partial charge in [-0.1, -0.05) is 94.3 Å². The molecule has 2 rings (SSSR count). The molecule has 0 bridgehead atoms. The Labute approximate surface area is 220 Å². The molecule has 0 unspecified atom stereocenters. The van der Waals surface area contributed by atoms with Gasteiger partial charge in [0, 0.05) is 17.7 Å². The molecule has 2 aromatic rings. The Bertz CT molecular complexity index is 935. The van der Waals surface area contributed by atoms with Gasteiger partial charge in [0.05, 0.1) is 6.61 Å². The number of para-hydroxylation sites is 1. The monoisotopic (exact) mass is 510 g/mol. The van der Waals surface area contributed by atoms with Gasteiger partial charge in [0.1, 0.15) is 19.0 Å². The first kappa shape index (κ1) is 34.8. The van der Waals surface area contributed by atoms with Crippen LogP contribution in [0.3, 0.4) is 0 Å². The van der Waals surface area contributed by atoms with E-state index in [2.05, 4.69) is 33.2 Å². The van der Waals surface area contributed by atoms with Gasteiger partial charge < -0.3 is 19.3 Å². The molecule has 0 fully saturated rings. The summed E-state index contributed by atoms with van der Waals surface area (Å²) in [6.45, 7) is 18.1. The molecule has 2 aromatic carbocycles. The van der Waals surface area contributed by atoms with Crippen LogP contribution >= 0.6 is 0 Å². The first-order chi connectivity index (χ1) is 17.7. The minimum atomic E-state index is -0.981. The molecule has 0 aliphatic carbocycles.